The van der Waals surface area contributed by atoms with Gasteiger partial charge >= 0.3 is 0 Å². The number of hydrogen-bond acceptors (Lipinski definition) is 2. The van der Waals surface area contributed by atoms with E-state index >= 15 is 0 Å². The van der Waals surface area contributed by atoms with E-state index in [1.165, 1.54) is 5.56 Å². The van der Waals surface area contributed by atoms with Crippen molar-refractivity contribution >= 4 is 13.7 Å². The van der Waals surface area contributed by atoms with Crippen LogP contribution in [0.3, 0.4) is 0 Å². The standard InChI is InChI=1S/C12H19O2P/c1-4-11-7-5-6-8-12(11)15(13)14-9-10(2)3/h5-8,10,13H,4,9H2,1-3H3. The van der Waals surface area contributed by atoms with Crippen LogP contribution >= 0.6 is 8.38 Å². The predicted octanol–water partition coefficient (Wildman–Crippen LogP) is 2.85. The third-order valence-electron chi connectivity index (χ3n) is 2.11. The summed E-state index contributed by atoms with van der Waals surface area (Å²) in [6.45, 7) is 6.86. The van der Waals surface area contributed by atoms with Crippen LogP contribution in [-0.4, -0.2) is 11.5 Å². The van der Waals surface area contributed by atoms with E-state index in [4.69, 9.17) is 4.52 Å². The van der Waals surface area contributed by atoms with Gasteiger partial charge in [-0.1, -0.05) is 39.0 Å². The van der Waals surface area contributed by atoms with Crippen LogP contribution in [0.4, 0.5) is 0 Å². The lowest BCUT2D eigenvalue weighted by molar-refractivity contribution is 0.273. The molecule has 1 aromatic carbocycles. The first-order valence-electron chi connectivity index (χ1n) is 5.35. The Morgan fingerprint density at radius 1 is 1.33 bits per heavy atom. The summed E-state index contributed by atoms with van der Waals surface area (Å²) in [5.41, 5.74) is 1.18. The monoisotopic (exact) mass is 226 g/mol. The Morgan fingerprint density at radius 3 is 2.60 bits per heavy atom. The molecule has 0 fully saturated rings. The van der Waals surface area contributed by atoms with Gasteiger partial charge in [0.25, 0.3) is 0 Å². The minimum atomic E-state index is -1.43. The van der Waals surface area contributed by atoms with Gasteiger partial charge in [0.15, 0.2) is 0 Å². The summed E-state index contributed by atoms with van der Waals surface area (Å²) in [4.78, 5) is 9.92. The predicted molar refractivity (Wildman–Crippen MR) is 65.4 cm³/mol. The Labute approximate surface area is 93.2 Å². The van der Waals surface area contributed by atoms with Gasteiger partial charge in [-0.25, -0.2) is 0 Å². The first kappa shape index (κ1) is 12.6. The molecule has 1 rings (SSSR count). The summed E-state index contributed by atoms with van der Waals surface area (Å²) in [6, 6.07) is 7.93. The molecule has 0 amide bonds. The van der Waals surface area contributed by atoms with Crippen molar-refractivity contribution in [2.24, 2.45) is 5.92 Å². The van der Waals surface area contributed by atoms with Crippen molar-refractivity contribution in [1.29, 1.82) is 0 Å². The SMILES string of the molecule is CCc1ccccc1P(O)OCC(C)C. The van der Waals surface area contributed by atoms with Gasteiger partial charge in [0.05, 0.1) is 6.61 Å². The number of benzene rings is 1. The zero-order valence-corrected chi connectivity index (χ0v) is 10.5. The van der Waals surface area contributed by atoms with Gasteiger partial charge in [0, 0.05) is 5.30 Å². The van der Waals surface area contributed by atoms with E-state index in [-0.39, 0.29) is 0 Å². The van der Waals surface area contributed by atoms with E-state index in [1.807, 2.05) is 24.3 Å². The molecule has 0 radical (unpaired) electrons. The molecule has 1 atom stereocenters. The smallest absolute Gasteiger partial charge is 0.202 e. The van der Waals surface area contributed by atoms with Crippen LogP contribution in [0.5, 0.6) is 0 Å². The van der Waals surface area contributed by atoms with E-state index < -0.39 is 8.38 Å². The first-order chi connectivity index (χ1) is 7.15. The zero-order valence-electron chi connectivity index (χ0n) is 9.60. The molecule has 1 N–H and O–H groups in total. The molecular formula is C12H19O2P. The van der Waals surface area contributed by atoms with Crippen molar-refractivity contribution in [3.63, 3.8) is 0 Å². The van der Waals surface area contributed by atoms with Crippen molar-refractivity contribution in [2.45, 2.75) is 27.2 Å². The maximum Gasteiger partial charge on any atom is 0.202 e. The maximum absolute atomic E-state index is 9.92. The van der Waals surface area contributed by atoms with E-state index in [0.717, 1.165) is 11.7 Å². The lowest BCUT2D eigenvalue weighted by Crippen LogP contribution is -2.10. The molecule has 0 heterocycles. The molecule has 1 unspecified atom stereocenters. The Kier molecular flexibility index (Phi) is 5.24. The number of aryl methyl sites for hydroxylation is 1. The summed E-state index contributed by atoms with van der Waals surface area (Å²) < 4.78 is 5.45. The number of hydrogen-bond donors (Lipinski definition) is 1. The summed E-state index contributed by atoms with van der Waals surface area (Å²) in [6.07, 6.45) is 0.931. The fourth-order valence-electron chi connectivity index (χ4n) is 1.29. The molecule has 3 heteroatoms. The highest BCUT2D eigenvalue weighted by Crippen LogP contribution is 2.32. The van der Waals surface area contributed by atoms with Crippen LogP contribution in [0.1, 0.15) is 26.3 Å². The third kappa shape index (κ3) is 3.90. The molecular weight excluding hydrogens is 207 g/mol. The molecule has 2 nitrogen and oxygen atoms in total. The Balaban J connectivity index is 2.68. The largest absolute Gasteiger partial charge is 0.346 e. The molecule has 0 saturated carbocycles. The summed E-state index contributed by atoms with van der Waals surface area (Å²) in [7, 11) is -1.43. The van der Waals surface area contributed by atoms with Gasteiger partial charge in [0.2, 0.25) is 8.38 Å². The van der Waals surface area contributed by atoms with E-state index in [9.17, 15) is 4.89 Å². The highest BCUT2D eigenvalue weighted by atomic mass is 31.2. The van der Waals surface area contributed by atoms with E-state index in [1.54, 1.807) is 0 Å². The van der Waals surface area contributed by atoms with E-state index in [2.05, 4.69) is 20.8 Å². The average molecular weight is 226 g/mol. The van der Waals surface area contributed by atoms with Crippen LogP contribution < -0.4 is 5.30 Å². The molecule has 0 aliphatic carbocycles. The molecule has 0 aromatic heterocycles. The van der Waals surface area contributed by atoms with Crippen molar-refractivity contribution < 1.29 is 9.42 Å². The summed E-state index contributed by atoms with van der Waals surface area (Å²) in [5, 5.41) is 0.954. The second-order valence-electron chi connectivity index (χ2n) is 3.94. The Hall–Kier alpha value is -0.430. The van der Waals surface area contributed by atoms with Crippen molar-refractivity contribution in [3.8, 4) is 0 Å². The second kappa shape index (κ2) is 6.22. The Bertz CT molecular complexity index is 299. The van der Waals surface area contributed by atoms with Crippen molar-refractivity contribution in [3.05, 3.63) is 29.8 Å². The highest BCUT2D eigenvalue weighted by molar-refractivity contribution is 7.55. The molecule has 1 aromatic rings. The van der Waals surface area contributed by atoms with Gasteiger partial charge in [0.1, 0.15) is 0 Å². The number of rotatable bonds is 5. The van der Waals surface area contributed by atoms with Gasteiger partial charge in [-0.3, -0.25) is 0 Å². The minimum absolute atomic E-state index is 0.455. The zero-order chi connectivity index (χ0) is 11.3. The van der Waals surface area contributed by atoms with Gasteiger partial charge < -0.3 is 9.42 Å². The molecule has 15 heavy (non-hydrogen) atoms. The normalized spacial score (nSPS) is 13.1. The lowest BCUT2D eigenvalue weighted by atomic mass is 10.2. The fraction of sp³-hybridized carbons (Fsp3) is 0.500. The Morgan fingerprint density at radius 2 is 2.00 bits per heavy atom. The van der Waals surface area contributed by atoms with Gasteiger partial charge in [-0.15, -0.1) is 0 Å². The summed E-state index contributed by atoms with van der Waals surface area (Å²) in [5.74, 6) is 0.455. The molecule has 0 saturated heterocycles. The molecule has 0 aliphatic heterocycles. The third-order valence-corrected chi connectivity index (χ3v) is 3.35. The van der Waals surface area contributed by atoms with Crippen molar-refractivity contribution in [2.75, 3.05) is 6.61 Å². The van der Waals surface area contributed by atoms with Crippen LogP contribution in [-0.2, 0) is 10.9 Å². The summed E-state index contributed by atoms with van der Waals surface area (Å²) >= 11 is 0. The quantitative estimate of drug-likeness (QED) is 0.782. The van der Waals surface area contributed by atoms with Crippen LogP contribution in [0.15, 0.2) is 24.3 Å². The van der Waals surface area contributed by atoms with Crippen LogP contribution in [0.2, 0.25) is 0 Å². The molecule has 0 aliphatic rings. The maximum atomic E-state index is 9.92. The van der Waals surface area contributed by atoms with Crippen LogP contribution in [0.25, 0.3) is 0 Å². The second-order valence-corrected chi connectivity index (χ2v) is 5.23. The van der Waals surface area contributed by atoms with E-state index in [0.29, 0.717) is 12.5 Å². The fourth-order valence-corrected chi connectivity index (χ4v) is 2.56. The lowest BCUT2D eigenvalue weighted by Gasteiger charge is -2.15. The minimum Gasteiger partial charge on any atom is -0.346 e. The highest BCUT2D eigenvalue weighted by Gasteiger charge is 2.12. The molecule has 84 valence electrons. The topological polar surface area (TPSA) is 29.5 Å². The van der Waals surface area contributed by atoms with Gasteiger partial charge in [-0.05, 0) is 24.0 Å². The molecule has 0 bridgehead atoms. The average Bonchev–Trinajstić information content (AvgIpc) is 2.25. The van der Waals surface area contributed by atoms with Gasteiger partial charge in [-0.2, -0.15) is 0 Å². The van der Waals surface area contributed by atoms with Crippen LogP contribution in [0, 0.1) is 5.92 Å². The molecule has 0 spiro atoms. The first-order valence-corrected chi connectivity index (χ1v) is 6.56. The van der Waals surface area contributed by atoms with Crippen molar-refractivity contribution in [1.82, 2.24) is 0 Å².